The van der Waals surface area contributed by atoms with E-state index in [4.69, 9.17) is 16.0 Å². The second kappa shape index (κ2) is 8.58. The first kappa shape index (κ1) is 23.5. The minimum Gasteiger partial charge on any atom is -0.391 e. The van der Waals surface area contributed by atoms with Crippen LogP contribution in [0.3, 0.4) is 0 Å². The van der Waals surface area contributed by atoms with Gasteiger partial charge in [-0.15, -0.1) is 5.10 Å². The van der Waals surface area contributed by atoms with Gasteiger partial charge in [0.1, 0.15) is 16.8 Å². The molecule has 1 aliphatic rings. The highest BCUT2D eigenvalue weighted by Crippen LogP contribution is 2.43. The van der Waals surface area contributed by atoms with E-state index in [-0.39, 0.29) is 17.3 Å². The van der Waals surface area contributed by atoms with Gasteiger partial charge in [0.15, 0.2) is 0 Å². The van der Waals surface area contributed by atoms with Crippen molar-refractivity contribution in [2.24, 2.45) is 0 Å². The van der Waals surface area contributed by atoms with Crippen LogP contribution >= 0.6 is 11.6 Å². The summed E-state index contributed by atoms with van der Waals surface area (Å²) in [6, 6.07) is 6.50. The molecule has 33 heavy (non-hydrogen) atoms. The molecule has 0 spiro atoms. The van der Waals surface area contributed by atoms with Gasteiger partial charge in [0.2, 0.25) is 15.9 Å². The average molecular weight is 495 g/mol. The van der Waals surface area contributed by atoms with Gasteiger partial charge < -0.3 is 9.32 Å². The molecular weight excluding hydrogens is 471 g/mol. The van der Waals surface area contributed by atoms with E-state index >= 15 is 4.39 Å². The highest BCUT2D eigenvalue weighted by atomic mass is 35.5. The number of aryl methyl sites for hydroxylation is 1. The molecule has 1 aliphatic heterocycles. The molecule has 0 bridgehead atoms. The molecule has 0 saturated heterocycles. The van der Waals surface area contributed by atoms with Crippen LogP contribution in [0.1, 0.15) is 41.5 Å². The number of fused-ring (bicyclic) bond motifs is 1. The summed E-state index contributed by atoms with van der Waals surface area (Å²) >= 11 is 6.13. The zero-order chi connectivity index (χ0) is 24.1. The zero-order valence-electron chi connectivity index (χ0n) is 18.6. The summed E-state index contributed by atoms with van der Waals surface area (Å²) in [7, 11) is -2.33. The fraction of sp³-hybridized carbons (Fsp3) is 0.364. The predicted octanol–water partition coefficient (Wildman–Crippen LogP) is 3.76. The number of sulfonamides is 1. The Labute approximate surface area is 196 Å². The van der Waals surface area contributed by atoms with E-state index in [2.05, 4.69) is 10.2 Å². The molecule has 0 radical (unpaired) electrons. The number of likely N-dealkylation sites (N-methyl/N-ethyl adjacent to an activating group) is 1. The number of hydrogen-bond donors (Lipinski definition) is 1. The number of rotatable bonds is 4. The van der Waals surface area contributed by atoms with Crippen LogP contribution in [-0.2, 0) is 10.0 Å². The number of hydrogen-bond acceptors (Lipinski definition) is 6. The summed E-state index contributed by atoms with van der Waals surface area (Å²) in [5.41, 5.74) is 2.36. The monoisotopic (exact) mass is 494 g/mol. The molecule has 4 rings (SSSR count). The standard InChI is InChI=1S/C22H24ClFN4O4S/c1-12-5-7-16(24)19(13(12)2)14(3)20(21-25-26-22(29)32-21)28-10-9-27(4)17-11-15(23)6-8-18(17)33(28,30)31/h5-8,11,14,20H,9-10H2,1-4H3,(H,26,29)/t14-,20+/m1/s1. The Morgan fingerprint density at radius 3 is 2.61 bits per heavy atom. The summed E-state index contributed by atoms with van der Waals surface area (Å²) in [6.07, 6.45) is 0. The molecule has 11 heteroatoms. The molecule has 0 fully saturated rings. The molecular formula is C22H24ClFN4O4S. The predicted molar refractivity (Wildman–Crippen MR) is 123 cm³/mol. The minimum atomic E-state index is -4.10. The lowest BCUT2D eigenvalue weighted by atomic mass is 9.87. The molecule has 0 amide bonds. The third-order valence-corrected chi connectivity index (χ3v) is 8.42. The van der Waals surface area contributed by atoms with E-state index < -0.39 is 33.6 Å². The van der Waals surface area contributed by atoms with Crippen molar-refractivity contribution in [3.8, 4) is 0 Å². The van der Waals surface area contributed by atoms with Crippen molar-refractivity contribution < 1.29 is 17.2 Å². The van der Waals surface area contributed by atoms with E-state index in [1.165, 1.54) is 22.5 Å². The zero-order valence-corrected chi connectivity index (χ0v) is 20.2. The van der Waals surface area contributed by atoms with E-state index in [1.807, 2.05) is 6.92 Å². The molecule has 176 valence electrons. The number of nitrogens with zero attached hydrogens (tertiary/aromatic N) is 3. The SMILES string of the molecule is Cc1ccc(F)c([C@@H](C)[C@@H](c2n[nH]c(=O)o2)N2CCN(C)c3cc(Cl)ccc3S2(=O)=O)c1C. The van der Waals surface area contributed by atoms with Crippen LogP contribution in [-0.4, -0.2) is 43.1 Å². The fourth-order valence-electron chi connectivity index (χ4n) is 4.39. The van der Waals surface area contributed by atoms with Crippen LogP contribution in [0.5, 0.6) is 0 Å². The van der Waals surface area contributed by atoms with Crippen LogP contribution < -0.4 is 10.7 Å². The maximum atomic E-state index is 15.0. The highest BCUT2D eigenvalue weighted by Gasteiger charge is 2.43. The minimum absolute atomic E-state index is 0.0587. The second-order valence-electron chi connectivity index (χ2n) is 8.24. The van der Waals surface area contributed by atoms with Gasteiger partial charge >= 0.3 is 5.76 Å². The normalized spacial score (nSPS) is 17.9. The van der Waals surface area contributed by atoms with Crippen molar-refractivity contribution in [2.45, 2.75) is 37.6 Å². The van der Waals surface area contributed by atoms with Gasteiger partial charge in [-0.2, -0.15) is 4.31 Å². The Kier molecular flexibility index (Phi) is 6.10. The van der Waals surface area contributed by atoms with Crippen molar-refractivity contribution in [3.63, 3.8) is 0 Å². The third kappa shape index (κ3) is 4.07. The first-order valence-corrected chi connectivity index (χ1v) is 12.2. The Balaban J connectivity index is 1.93. The Morgan fingerprint density at radius 2 is 1.94 bits per heavy atom. The largest absolute Gasteiger partial charge is 0.434 e. The molecule has 0 aliphatic carbocycles. The van der Waals surface area contributed by atoms with E-state index in [0.717, 1.165) is 5.56 Å². The van der Waals surface area contributed by atoms with Gasteiger partial charge in [-0.25, -0.2) is 22.7 Å². The molecule has 2 heterocycles. The Bertz CT molecular complexity index is 1370. The third-order valence-electron chi connectivity index (χ3n) is 6.25. The van der Waals surface area contributed by atoms with Gasteiger partial charge in [0, 0.05) is 31.1 Å². The summed E-state index contributed by atoms with van der Waals surface area (Å²) in [5.74, 6) is -2.13. The number of aromatic amines is 1. The Morgan fingerprint density at radius 1 is 1.21 bits per heavy atom. The number of nitrogens with one attached hydrogen (secondary N) is 1. The van der Waals surface area contributed by atoms with Crippen molar-refractivity contribution in [1.29, 1.82) is 0 Å². The molecule has 0 unspecified atom stereocenters. The van der Waals surface area contributed by atoms with Crippen molar-refractivity contribution >= 4 is 27.3 Å². The highest BCUT2D eigenvalue weighted by molar-refractivity contribution is 7.89. The van der Waals surface area contributed by atoms with Gasteiger partial charge in [0.25, 0.3) is 0 Å². The van der Waals surface area contributed by atoms with Gasteiger partial charge in [0.05, 0.1) is 5.69 Å². The van der Waals surface area contributed by atoms with Crippen LogP contribution in [0, 0.1) is 19.7 Å². The maximum Gasteiger partial charge on any atom is 0.434 e. The number of benzene rings is 2. The van der Waals surface area contributed by atoms with Gasteiger partial charge in [-0.3, -0.25) is 0 Å². The van der Waals surface area contributed by atoms with Crippen LogP contribution in [0.2, 0.25) is 5.02 Å². The molecule has 1 aromatic heterocycles. The molecule has 0 saturated carbocycles. The summed E-state index contributed by atoms with van der Waals surface area (Å²) in [6.45, 7) is 5.73. The summed E-state index contributed by atoms with van der Waals surface area (Å²) in [5, 5.41) is 6.54. The van der Waals surface area contributed by atoms with E-state index in [1.54, 1.807) is 37.9 Å². The lowest BCUT2D eigenvalue weighted by molar-refractivity contribution is 0.244. The number of halogens is 2. The Hall–Kier alpha value is -2.69. The summed E-state index contributed by atoms with van der Waals surface area (Å²) in [4.78, 5) is 13.6. The van der Waals surface area contributed by atoms with E-state index in [0.29, 0.717) is 28.4 Å². The quantitative estimate of drug-likeness (QED) is 0.593. The fourth-order valence-corrected chi connectivity index (χ4v) is 6.42. The molecule has 8 nitrogen and oxygen atoms in total. The number of anilines is 1. The van der Waals surface area contributed by atoms with Gasteiger partial charge in [-0.05, 0) is 54.8 Å². The van der Waals surface area contributed by atoms with Crippen molar-refractivity contribution in [3.05, 3.63) is 74.3 Å². The average Bonchev–Trinajstić information content (AvgIpc) is 3.15. The molecule has 2 atom stereocenters. The molecule has 2 aromatic carbocycles. The van der Waals surface area contributed by atoms with Crippen molar-refractivity contribution in [2.75, 3.05) is 25.0 Å². The van der Waals surface area contributed by atoms with Crippen LogP contribution in [0.4, 0.5) is 10.1 Å². The smallest absolute Gasteiger partial charge is 0.391 e. The molecule has 3 aromatic rings. The first-order chi connectivity index (χ1) is 15.5. The van der Waals surface area contributed by atoms with E-state index in [9.17, 15) is 13.2 Å². The lowest BCUT2D eigenvalue weighted by Gasteiger charge is -2.32. The molecule has 1 N–H and O–H groups in total. The first-order valence-electron chi connectivity index (χ1n) is 10.4. The second-order valence-corrected chi connectivity index (χ2v) is 10.5. The maximum absolute atomic E-state index is 15.0. The summed E-state index contributed by atoms with van der Waals surface area (Å²) < 4.78 is 49.3. The van der Waals surface area contributed by atoms with Gasteiger partial charge in [-0.1, -0.05) is 24.6 Å². The van der Waals surface area contributed by atoms with Crippen LogP contribution in [0.25, 0.3) is 0 Å². The number of aromatic nitrogens is 2. The topological polar surface area (TPSA) is 99.5 Å². The number of H-pyrrole nitrogens is 1. The lowest BCUT2D eigenvalue weighted by Crippen LogP contribution is -2.40. The van der Waals surface area contributed by atoms with Crippen LogP contribution in [0.15, 0.2) is 44.4 Å². The van der Waals surface area contributed by atoms with Crippen molar-refractivity contribution in [1.82, 2.24) is 14.5 Å².